The van der Waals surface area contributed by atoms with Gasteiger partial charge in [-0.15, -0.1) is 20.4 Å². The summed E-state index contributed by atoms with van der Waals surface area (Å²) in [5, 5.41) is 22.9. The molecule has 0 unspecified atom stereocenters. The SMILES string of the molecule is CCn1c(COc2ccc(Cl)cc2Cl)nnc1SCC(=O)Nc1nnc(C2CCCCC2)s1. The third-order valence-corrected chi connectivity index (χ3v) is 7.83. The summed E-state index contributed by atoms with van der Waals surface area (Å²) in [7, 11) is 0. The topological polar surface area (TPSA) is 94.8 Å². The van der Waals surface area contributed by atoms with E-state index in [0.29, 0.717) is 44.4 Å². The molecule has 0 atom stereocenters. The van der Waals surface area contributed by atoms with Gasteiger partial charge in [-0.05, 0) is 38.0 Å². The predicted molar refractivity (Wildman–Crippen MR) is 132 cm³/mol. The maximum atomic E-state index is 12.5. The second kappa shape index (κ2) is 11.5. The molecule has 1 amide bonds. The fraction of sp³-hybridized carbons (Fsp3) is 0.476. The number of aromatic nitrogens is 5. The molecule has 0 aliphatic heterocycles. The van der Waals surface area contributed by atoms with E-state index in [1.165, 1.54) is 42.4 Å². The predicted octanol–water partition coefficient (Wildman–Crippen LogP) is 5.81. The number of halogens is 2. The molecule has 1 saturated carbocycles. The molecule has 0 bridgehead atoms. The number of rotatable bonds is 9. The number of hydrogen-bond donors (Lipinski definition) is 1. The maximum absolute atomic E-state index is 12.5. The van der Waals surface area contributed by atoms with Gasteiger partial charge in [0.15, 0.2) is 11.0 Å². The van der Waals surface area contributed by atoms with Crippen molar-refractivity contribution in [1.82, 2.24) is 25.0 Å². The summed E-state index contributed by atoms with van der Waals surface area (Å²) >= 11 is 14.9. The van der Waals surface area contributed by atoms with Gasteiger partial charge >= 0.3 is 0 Å². The van der Waals surface area contributed by atoms with Gasteiger partial charge in [0.05, 0.1) is 10.8 Å². The number of carbonyl (C=O) groups excluding carboxylic acids is 1. The molecule has 176 valence electrons. The van der Waals surface area contributed by atoms with Gasteiger partial charge in [0.2, 0.25) is 11.0 Å². The number of anilines is 1. The Balaban J connectivity index is 1.30. The van der Waals surface area contributed by atoms with Crippen molar-refractivity contribution in [2.75, 3.05) is 11.1 Å². The molecule has 1 aliphatic carbocycles. The first-order valence-electron chi connectivity index (χ1n) is 10.8. The number of amides is 1. The van der Waals surface area contributed by atoms with Gasteiger partial charge in [-0.1, -0.05) is 65.6 Å². The van der Waals surface area contributed by atoms with Crippen LogP contribution in [0.2, 0.25) is 10.0 Å². The summed E-state index contributed by atoms with van der Waals surface area (Å²) in [6.45, 7) is 2.83. The summed E-state index contributed by atoms with van der Waals surface area (Å²) in [5.41, 5.74) is 0. The monoisotopic (exact) mass is 526 g/mol. The number of carbonyl (C=O) groups is 1. The molecule has 4 rings (SSSR count). The smallest absolute Gasteiger partial charge is 0.236 e. The van der Waals surface area contributed by atoms with Crippen LogP contribution in [-0.2, 0) is 17.9 Å². The van der Waals surface area contributed by atoms with E-state index < -0.39 is 0 Å². The van der Waals surface area contributed by atoms with E-state index in [1.807, 2.05) is 11.5 Å². The molecule has 1 N–H and O–H groups in total. The van der Waals surface area contributed by atoms with Gasteiger partial charge in [0, 0.05) is 17.5 Å². The Morgan fingerprint density at radius 2 is 2.03 bits per heavy atom. The molecule has 8 nitrogen and oxygen atoms in total. The average molecular weight is 528 g/mol. The van der Waals surface area contributed by atoms with Gasteiger partial charge in [0.25, 0.3) is 0 Å². The number of ether oxygens (including phenoxy) is 1. The first kappa shape index (κ1) is 24.3. The Morgan fingerprint density at radius 1 is 1.21 bits per heavy atom. The zero-order valence-electron chi connectivity index (χ0n) is 18.1. The molecule has 1 aliphatic rings. The van der Waals surface area contributed by atoms with Crippen LogP contribution in [0.3, 0.4) is 0 Å². The molecule has 0 saturated heterocycles. The molecular weight excluding hydrogens is 503 g/mol. The number of hydrogen-bond acceptors (Lipinski definition) is 8. The lowest BCUT2D eigenvalue weighted by Gasteiger charge is -2.18. The van der Waals surface area contributed by atoms with E-state index in [1.54, 1.807) is 18.2 Å². The van der Waals surface area contributed by atoms with E-state index in [-0.39, 0.29) is 18.3 Å². The first-order chi connectivity index (χ1) is 16.0. The van der Waals surface area contributed by atoms with E-state index in [0.717, 1.165) is 17.8 Å². The standard InChI is InChI=1S/C21H24Cl2N6O2S2/c1-2-29-17(11-31-16-9-8-14(22)10-15(16)23)25-28-21(29)32-12-18(30)24-20-27-26-19(33-20)13-6-4-3-5-7-13/h8-10,13H,2-7,11-12H2,1H3,(H,24,27,30). The lowest BCUT2D eigenvalue weighted by atomic mass is 9.90. The van der Waals surface area contributed by atoms with Gasteiger partial charge in [0.1, 0.15) is 17.4 Å². The molecule has 2 aromatic heterocycles. The first-order valence-corrected chi connectivity index (χ1v) is 13.3. The van der Waals surface area contributed by atoms with Crippen LogP contribution >= 0.6 is 46.3 Å². The number of benzene rings is 1. The van der Waals surface area contributed by atoms with Crippen LogP contribution < -0.4 is 10.1 Å². The Hall–Kier alpha value is -1.88. The van der Waals surface area contributed by atoms with Crippen LogP contribution in [0.1, 0.15) is 55.8 Å². The minimum absolute atomic E-state index is 0.150. The molecule has 3 aromatic rings. The number of thioether (sulfide) groups is 1. The third kappa shape index (κ3) is 6.38. The van der Waals surface area contributed by atoms with E-state index in [4.69, 9.17) is 27.9 Å². The normalized spacial score (nSPS) is 14.4. The summed E-state index contributed by atoms with van der Waals surface area (Å²) in [6.07, 6.45) is 6.07. The second-order valence-corrected chi connectivity index (χ2v) is 10.4. The summed E-state index contributed by atoms with van der Waals surface area (Å²) in [6, 6.07) is 5.05. The second-order valence-electron chi connectivity index (χ2n) is 7.62. The average Bonchev–Trinajstić information content (AvgIpc) is 3.44. The Labute approximate surface area is 210 Å². The van der Waals surface area contributed by atoms with Crippen molar-refractivity contribution in [3.05, 3.63) is 39.1 Å². The van der Waals surface area contributed by atoms with Crippen LogP contribution in [0, 0.1) is 0 Å². The number of nitrogens with one attached hydrogen (secondary N) is 1. The Bertz CT molecular complexity index is 1100. The van der Waals surface area contributed by atoms with Crippen LogP contribution in [-0.4, -0.2) is 36.6 Å². The maximum Gasteiger partial charge on any atom is 0.236 e. The minimum atomic E-state index is -0.150. The lowest BCUT2D eigenvalue weighted by Crippen LogP contribution is -2.14. The lowest BCUT2D eigenvalue weighted by molar-refractivity contribution is -0.113. The van der Waals surface area contributed by atoms with Crippen molar-refractivity contribution in [2.24, 2.45) is 0 Å². The highest BCUT2D eigenvalue weighted by Gasteiger charge is 2.20. The highest BCUT2D eigenvalue weighted by atomic mass is 35.5. The molecule has 0 radical (unpaired) electrons. The fourth-order valence-electron chi connectivity index (χ4n) is 3.67. The highest BCUT2D eigenvalue weighted by molar-refractivity contribution is 7.99. The molecule has 33 heavy (non-hydrogen) atoms. The van der Waals surface area contributed by atoms with Crippen molar-refractivity contribution in [2.45, 2.75) is 63.3 Å². The molecular formula is C21H24Cl2N6O2S2. The van der Waals surface area contributed by atoms with Crippen molar-refractivity contribution >= 4 is 57.3 Å². The molecule has 12 heteroatoms. The van der Waals surface area contributed by atoms with Crippen molar-refractivity contribution in [3.63, 3.8) is 0 Å². The van der Waals surface area contributed by atoms with E-state index in [2.05, 4.69) is 25.7 Å². The molecule has 2 heterocycles. The Kier molecular flexibility index (Phi) is 8.45. The molecule has 1 aromatic carbocycles. The highest BCUT2D eigenvalue weighted by Crippen LogP contribution is 2.35. The largest absolute Gasteiger partial charge is 0.484 e. The van der Waals surface area contributed by atoms with Gasteiger partial charge in [-0.3, -0.25) is 10.1 Å². The quantitative estimate of drug-likeness (QED) is 0.351. The van der Waals surface area contributed by atoms with Gasteiger partial charge in [-0.25, -0.2) is 0 Å². The van der Waals surface area contributed by atoms with Crippen LogP contribution in [0.5, 0.6) is 5.75 Å². The van der Waals surface area contributed by atoms with Crippen LogP contribution in [0.25, 0.3) is 0 Å². The minimum Gasteiger partial charge on any atom is -0.484 e. The third-order valence-electron chi connectivity index (χ3n) is 5.33. The van der Waals surface area contributed by atoms with Gasteiger partial charge in [-0.2, -0.15) is 0 Å². The van der Waals surface area contributed by atoms with Crippen molar-refractivity contribution in [3.8, 4) is 5.75 Å². The summed E-state index contributed by atoms with van der Waals surface area (Å²) in [5.74, 6) is 1.68. The summed E-state index contributed by atoms with van der Waals surface area (Å²) in [4.78, 5) is 12.5. The van der Waals surface area contributed by atoms with Crippen molar-refractivity contribution < 1.29 is 9.53 Å². The van der Waals surface area contributed by atoms with Crippen LogP contribution in [0.4, 0.5) is 5.13 Å². The molecule has 0 spiro atoms. The van der Waals surface area contributed by atoms with Crippen molar-refractivity contribution in [1.29, 1.82) is 0 Å². The zero-order valence-corrected chi connectivity index (χ0v) is 21.2. The van der Waals surface area contributed by atoms with Crippen LogP contribution in [0.15, 0.2) is 23.4 Å². The van der Waals surface area contributed by atoms with Gasteiger partial charge < -0.3 is 9.30 Å². The molecule has 1 fully saturated rings. The Morgan fingerprint density at radius 3 is 2.79 bits per heavy atom. The van der Waals surface area contributed by atoms with E-state index >= 15 is 0 Å². The summed E-state index contributed by atoms with van der Waals surface area (Å²) < 4.78 is 7.68. The number of nitrogens with zero attached hydrogens (tertiary/aromatic N) is 5. The fourth-order valence-corrected chi connectivity index (χ4v) is 5.88. The van der Waals surface area contributed by atoms with E-state index in [9.17, 15) is 4.79 Å². The zero-order chi connectivity index (χ0) is 23.2.